The van der Waals surface area contributed by atoms with Crippen molar-refractivity contribution in [2.45, 2.75) is 58.5 Å². The molecule has 21 heavy (non-hydrogen) atoms. The Hall–Kier alpha value is -1.10. The Labute approximate surface area is 128 Å². The summed E-state index contributed by atoms with van der Waals surface area (Å²) in [6.07, 6.45) is 5.05. The monoisotopic (exact) mass is 299 g/mol. The second kappa shape index (κ2) is 9.77. The third kappa shape index (κ3) is 6.04. The van der Waals surface area contributed by atoms with E-state index >= 15 is 0 Å². The molecular formula is C16H29NO4. The van der Waals surface area contributed by atoms with E-state index in [-0.39, 0.29) is 23.9 Å². The lowest BCUT2D eigenvalue weighted by atomic mass is 9.87. The molecule has 0 aromatic carbocycles. The highest BCUT2D eigenvalue weighted by atomic mass is 16.5. The molecule has 0 saturated heterocycles. The molecule has 0 bridgehead atoms. The number of rotatable bonds is 8. The number of nitrogens with zero attached hydrogens (tertiary/aromatic N) is 1. The summed E-state index contributed by atoms with van der Waals surface area (Å²) in [6, 6.07) is 0. The Morgan fingerprint density at radius 1 is 1.10 bits per heavy atom. The van der Waals surface area contributed by atoms with Crippen LogP contribution in [0.25, 0.3) is 0 Å². The first-order chi connectivity index (χ1) is 10.1. The zero-order chi connectivity index (χ0) is 15.7. The van der Waals surface area contributed by atoms with Crippen molar-refractivity contribution in [1.29, 1.82) is 0 Å². The average molecular weight is 299 g/mol. The van der Waals surface area contributed by atoms with E-state index in [1.165, 1.54) is 7.11 Å². The quantitative estimate of drug-likeness (QED) is 0.510. The number of carbonyl (C=O) groups excluding carboxylic acids is 2. The van der Waals surface area contributed by atoms with Gasteiger partial charge in [-0.05, 0) is 46.0 Å². The van der Waals surface area contributed by atoms with Gasteiger partial charge < -0.3 is 14.4 Å². The van der Waals surface area contributed by atoms with Gasteiger partial charge in [0.15, 0.2) is 0 Å². The largest absolute Gasteiger partial charge is 0.469 e. The number of ether oxygens (including phenoxy) is 2. The van der Waals surface area contributed by atoms with Gasteiger partial charge in [-0.3, -0.25) is 9.59 Å². The van der Waals surface area contributed by atoms with E-state index in [9.17, 15) is 9.59 Å². The van der Waals surface area contributed by atoms with Crippen LogP contribution in [0.4, 0.5) is 0 Å². The molecule has 0 unspecified atom stereocenters. The molecule has 0 heterocycles. The van der Waals surface area contributed by atoms with E-state index < -0.39 is 0 Å². The second-order valence-electron chi connectivity index (χ2n) is 5.54. The molecule has 0 radical (unpaired) electrons. The molecule has 1 aliphatic rings. The van der Waals surface area contributed by atoms with Crippen molar-refractivity contribution in [2.24, 2.45) is 5.92 Å². The summed E-state index contributed by atoms with van der Waals surface area (Å²) in [4.78, 5) is 25.1. The fourth-order valence-corrected chi connectivity index (χ4v) is 2.84. The molecule has 0 aliphatic heterocycles. The van der Waals surface area contributed by atoms with Crippen LogP contribution in [0.2, 0.25) is 0 Å². The summed E-state index contributed by atoms with van der Waals surface area (Å²) in [5.41, 5.74) is 0. The number of amides is 1. The number of hydrogen-bond acceptors (Lipinski definition) is 4. The topological polar surface area (TPSA) is 55.8 Å². The molecule has 1 fully saturated rings. The van der Waals surface area contributed by atoms with Crippen molar-refractivity contribution >= 4 is 11.9 Å². The van der Waals surface area contributed by atoms with Gasteiger partial charge in [0.2, 0.25) is 5.91 Å². The van der Waals surface area contributed by atoms with Crippen molar-refractivity contribution in [2.75, 3.05) is 26.8 Å². The lowest BCUT2D eigenvalue weighted by Crippen LogP contribution is -2.30. The second-order valence-corrected chi connectivity index (χ2v) is 5.54. The zero-order valence-electron chi connectivity index (χ0n) is 13.6. The van der Waals surface area contributed by atoms with E-state index in [0.717, 1.165) is 45.2 Å². The van der Waals surface area contributed by atoms with Crippen molar-refractivity contribution in [3.05, 3.63) is 0 Å². The van der Waals surface area contributed by atoms with Crippen LogP contribution in [0.3, 0.4) is 0 Å². The van der Waals surface area contributed by atoms with E-state index in [1.807, 2.05) is 18.7 Å². The average Bonchev–Trinajstić information content (AvgIpc) is 2.52. The molecular weight excluding hydrogens is 270 g/mol. The van der Waals surface area contributed by atoms with Gasteiger partial charge in [0, 0.05) is 26.1 Å². The van der Waals surface area contributed by atoms with Crippen LogP contribution in [0.15, 0.2) is 0 Å². The van der Waals surface area contributed by atoms with Gasteiger partial charge in [-0.15, -0.1) is 0 Å². The summed E-state index contributed by atoms with van der Waals surface area (Å²) in [6.45, 7) is 6.16. The maximum atomic E-state index is 11.8. The molecule has 0 aromatic heterocycles. The summed E-state index contributed by atoms with van der Waals surface area (Å²) in [7, 11) is 1.44. The summed E-state index contributed by atoms with van der Waals surface area (Å²) < 4.78 is 10.6. The Bertz CT molecular complexity index is 320. The number of hydrogen-bond donors (Lipinski definition) is 0. The van der Waals surface area contributed by atoms with E-state index in [4.69, 9.17) is 9.47 Å². The van der Waals surface area contributed by atoms with Crippen LogP contribution in [0.1, 0.15) is 52.4 Å². The van der Waals surface area contributed by atoms with Crippen LogP contribution < -0.4 is 0 Å². The smallest absolute Gasteiger partial charge is 0.308 e. The number of methoxy groups -OCH3 is 1. The van der Waals surface area contributed by atoms with Gasteiger partial charge in [0.05, 0.1) is 19.1 Å². The molecule has 1 aliphatic carbocycles. The zero-order valence-corrected chi connectivity index (χ0v) is 13.6. The molecule has 1 amide bonds. The summed E-state index contributed by atoms with van der Waals surface area (Å²) in [5.74, 6) is 0.148. The van der Waals surface area contributed by atoms with Gasteiger partial charge in [-0.25, -0.2) is 0 Å². The van der Waals surface area contributed by atoms with Gasteiger partial charge in [-0.1, -0.05) is 0 Å². The number of esters is 1. The molecule has 0 spiro atoms. The highest BCUT2D eigenvalue weighted by Gasteiger charge is 2.27. The Morgan fingerprint density at radius 3 is 2.24 bits per heavy atom. The third-order valence-corrected chi connectivity index (χ3v) is 4.21. The van der Waals surface area contributed by atoms with Crippen molar-refractivity contribution in [3.8, 4) is 0 Å². The minimum Gasteiger partial charge on any atom is -0.469 e. The SMILES string of the molecule is CCN(CC)C(=O)CCCOC1CCC(C(=O)OC)CC1. The fraction of sp³-hybridized carbons (Fsp3) is 0.875. The van der Waals surface area contributed by atoms with Gasteiger partial charge >= 0.3 is 5.97 Å². The lowest BCUT2D eigenvalue weighted by molar-refractivity contribution is -0.147. The Morgan fingerprint density at radius 2 is 1.71 bits per heavy atom. The predicted molar refractivity (Wildman–Crippen MR) is 80.9 cm³/mol. The summed E-state index contributed by atoms with van der Waals surface area (Å²) in [5, 5.41) is 0. The van der Waals surface area contributed by atoms with E-state index in [1.54, 1.807) is 0 Å². The Kier molecular flexibility index (Phi) is 8.35. The molecule has 0 aromatic rings. The fourth-order valence-electron chi connectivity index (χ4n) is 2.84. The third-order valence-electron chi connectivity index (χ3n) is 4.21. The van der Waals surface area contributed by atoms with Crippen LogP contribution in [0, 0.1) is 5.92 Å². The lowest BCUT2D eigenvalue weighted by Gasteiger charge is -2.27. The van der Waals surface area contributed by atoms with Crippen LogP contribution in [-0.2, 0) is 19.1 Å². The van der Waals surface area contributed by atoms with Gasteiger partial charge in [0.1, 0.15) is 0 Å². The van der Waals surface area contributed by atoms with Crippen molar-refractivity contribution in [3.63, 3.8) is 0 Å². The first-order valence-corrected chi connectivity index (χ1v) is 8.09. The van der Waals surface area contributed by atoms with Crippen molar-refractivity contribution < 1.29 is 19.1 Å². The first kappa shape index (κ1) is 18.0. The molecule has 122 valence electrons. The standard InChI is InChI=1S/C16H29NO4/c1-4-17(5-2)15(18)7-6-12-21-14-10-8-13(9-11-14)16(19)20-3/h13-14H,4-12H2,1-3H3. The molecule has 1 rings (SSSR count). The molecule has 1 saturated carbocycles. The first-order valence-electron chi connectivity index (χ1n) is 8.09. The maximum Gasteiger partial charge on any atom is 0.308 e. The molecule has 0 N–H and O–H groups in total. The van der Waals surface area contributed by atoms with Crippen LogP contribution in [0.5, 0.6) is 0 Å². The van der Waals surface area contributed by atoms with E-state index in [0.29, 0.717) is 13.0 Å². The number of carbonyl (C=O) groups is 2. The minimum atomic E-state index is -0.0988. The molecule has 0 atom stereocenters. The van der Waals surface area contributed by atoms with Crippen LogP contribution >= 0.6 is 0 Å². The van der Waals surface area contributed by atoms with Gasteiger partial charge in [0.25, 0.3) is 0 Å². The maximum absolute atomic E-state index is 11.8. The highest BCUT2D eigenvalue weighted by molar-refractivity contribution is 5.76. The molecule has 5 heteroatoms. The van der Waals surface area contributed by atoms with Gasteiger partial charge in [-0.2, -0.15) is 0 Å². The normalized spacial score (nSPS) is 21.9. The van der Waals surface area contributed by atoms with Crippen molar-refractivity contribution in [1.82, 2.24) is 4.90 Å². The summed E-state index contributed by atoms with van der Waals surface area (Å²) >= 11 is 0. The highest BCUT2D eigenvalue weighted by Crippen LogP contribution is 2.27. The minimum absolute atomic E-state index is 0.0408. The van der Waals surface area contributed by atoms with Crippen LogP contribution in [-0.4, -0.2) is 49.7 Å². The molecule has 5 nitrogen and oxygen atoms in total. The van der Waals surface area contributed by atoms with E-state index in [2.05, 4.69) is 0 Å². The predicted octanol–water partition coefficient (Wildman–Crippen LogP) is 2.38. The Balaban J connectivity index is 2.12.